The summed E-state index contributed by atoms with van der Waals surface area (Å²) < 4.78 is 16.0. The molecule has 1 aromatic rings. The number of carbonyl (C=O) groups excluding carboxylic acids is 2. The summed E-state index contributed by atoms with van der Waals surface area (Å²) >= 11 is 0. The van der Waals surface area contributed by atoms with Crippen LogP contribution in [0.4, 0.5) is 0 Å². The van der Waals surface area contributed by atoms with Crippen LogP contribution < -0.4 is 9.47 Å². The first kappa shape index (κ1) is 18.1. The molecule has 3 aliphatic heterocycles. The zero-order valence-electron chi connectivity index (χ0n) is 15.5. The number of carbonyl (C=O) groups is 2. The Morgan fingerprint density at radius 3 is 2.70 bits per heavy atom. The number of benzene rings is 1. The summed E-state index contributed by atoms with van der Waals surface area (Å²) in [5.41, 5.74) is 0.629. The maximum Gasteiger partial charge on any atom is 0.254 e. The molecule has 0 spiro atoms. The predicted molar refractivity (Wildman–Crippen MR) is 97.8 cm³/mol. The molecular formula is C20H26N2O5. The van der Waals surface area contributed by atoms with Crippen molar-refractivity contribution in [3.05, 3.63) is 23.8 Å². The van der Waals surface area contributed by atoms with Crippen molar-refractivity contribution in [1.29, 1.82) is 0 Å². The van der Waals surface area contributed by atoms with Gasteiger partial charge >= 0.3 is 0 Å². The average molecular weight is 374 g/mol. The zero-order chi connectivity index (χ0) is 18.6. The molecule has 2 saturated heterocycles. The van der Waals surface area contributed by atoms with Crippen molar-refractivity contribution in [2.24, 2.45) is 5.92 Å². The van der Waals surface area contributed by atoms with Gasteiger partial charge in [0.05, 0.1) is 13.2 Å². The smallest absolute Gasteiger partial charge is 0.254 e. The lowest BCUT2D eigenvalue weighted by atomic mass is 9.92. The van der Waals surface area contributed by atoms with Gasteiger partial charge in [0, 0.05) is 38.2 Å². The molecule has 0 aliphatic carbocycles. The van der Waals surface area contributed by atoms with Gasteiger partial charge in [-0.3, -0.25) is 9.59 Å². The number of morpholine rings is 1. The van der Waals surface area contributed by atoms with Crippen molar-refractivity contribution in [2.75, 3.05) is 46.2 Å². The summed E-state index contributed by atoms with van der Waals surface area (Å²) in [4.78, 5) is 29.0. The van der Waals surface area contributed by atoms with Crippen molar-refractivity contribution in [2.45, 2.75) is 25.7 Å². The first-order valence-electron chi connectivity index (χ1n) is 9.75. The Labute approximate surface area is 159 Å². The minimum absolute atomic E-state index is 0.0255. The van der Waals surface area contributed by atoms with Gasteiger partial charge in [0.2, 0.25) is 12.7 Å². The van der Waals surface area contributed by atoms with Crippen LogP contribution in [-0.2, 0) is 9.53 Å². The third-order valence-electron chi connectivity index (χ3n) is 5.56. The van der Waals surface area contributed by atoms with Gasteiger partial charge in [-0.05, 0) is 43.4 Å². The number of rotatable bonds is 4. The number of amides is 2. The van der Waals surface area contributed by atoms with E-state index in [-0.39, 0.29) is 18.6 Å². The van der Waals surface area contributed by atoms with E-state index in [1.807, 2.05) is 9.80 Å². The Morgan fingerprint density at radius 2 is 1.85 bits per heavy atom. The Morgan fingerprint density at radius 1 is 1.04 bits per heavy atom. The zero-order valence-corrected chi connectivity index (χ0v) is 15.5. The van der Waals surface area contributed by atoms with E-state index >= 15 is 0 Å². The van der Waals surface area contributed by atoms with Crippen LogP contribution in [0.25, 0.3) is 0 Å². The van der Waals surface area contributed by atoms with Crippen LogP contribution in [-0.4, -0.2) is 67.8 Å². The first-order chi connectivity index (χ1) is 13.2. The summed E-state index contributed by atoms with van der Waals surface area (Å²) in [6.45, 7) is 4.33. The van der Waals surface area contributed by atoms with Gasteiger partial charge in [-0.25, -0.2) is 0 Å². The minimum atomic E-state index is 0.0255. The molecule has 0 saturated carbocycles. The molecule has 146 valence electrons. The van der Waals surface area contributed by atoms with E-state index < -0.39 is 0 Å². The van der Waals surface area contributed by atoms with Gasteiger partial charge in [0.25, 0.3) is 5.91 Å². The number of piperidine rings is 1. The monoisotopic (exact) mass is 374 g/mol. The molecule has 3 aliphatic rings. The molecule has 4 rings (SSSR count). The largest absolute Gasteiger partial charge is 0.454 e. The van der Waals surface area contributed by atoms with E-state index in [4.69, 9.17) is 14.2 Å². The second-order valence-electron chi connectivity index (χ2n) is 7.36. The topological polar surface area (TPSA) is 68.3 Å². The van der Waals surface area contributed by atoms with Crippen LogP contribution in [0.5, 0.6) is 11.5 Å². The Balaban J connectivity index is 1.31. The molecule has 0 aromatic heterocycles. The lowest BCUT2D eigenvalue weighted by Crippen LogP contribution is -2.42. The highest BCUT2D eigenvalue weighted by atomic mass is 16.7. The van der Waals surface area contributed by atoms with Gasteiger partial charge < -0.3 is 24.0 Å². The summed E-state index contributed by atoms with van der Waals surface area (Å²) in [6, 6.07) is 5.34. The molecule has 0 unspecified atom stereocenters. The van der Waals surface area contributed by atoms with Crippen LogP contribution in [0.15, 0.2) is 18.2 Å². The third-order valence-corrected chi connectivity index (χ3v) is 5.56. The number of ether oxygens (including phenoxy) is 3. The number of hydrogen-bond donors (Lipinski definition) is 0. The standard InChI is InChI=1S/C20H26N2O5/c23-19(21-8-10-25-11-9-21)6-3-15-2-1-7-22(13-15)20(24)16-4-5-17-18(12-16)27-14-26-17/h4-5,12,15H,1-3,6-11,13-14H2/t15-/m1/s1. The van der Waals surface area contributed by atoms with Gasteiger partial charge in [0.15, 0.2) is 11.5 Å². The summed E-state index contributed by atoms with van der Waals surface area (Å²) in [5.74, 6) is 1.92. The highest BCUT2D eigenvalue weighted by Crippen LogP contribution is 2.33. The Kier molecular flexibility index (Phi) is 5.48. The van der Waals surface area contributed by atoms with E-state index in [0.717, 1.165) is 25.8 Å². The molecule has 1 aromatic carbocycles. The SMILES string of the molecule is O=C(CC[C@H]1CCCN(C(=O)c2ccc3c(c2)OCO3)C1)N1CCOCC1. The molecule has 7 heteroatoms. The van der Waals surface area contributed by atoms with Crippen molar-refractivity contribution in [1.82, 2.24) is 9.80 Å². The molecule has 3 heterocycles. The van der Waals surface area contributed by atoms with Gasteiger partial charge in [-0.2, -0.15) is 0 Å². The van der Waals surface area contributed by atoms with Crippen LogP contribution in [0, 0.1) is 5.92 Å². The third kappa shape index (κ3) is 4.18. The molecule has 0 radical (unpaired) electrons. The van der Waals surface area contributed by atoms with E-state index in [9.17, 15) is 9.59 Å². The molecule has 1 atom stereocenters. The maximum atomic E-state index is 12.9. The number of nitrogens with zero attached hydrogens (tertiary/aromatic N) is 2. The van der Waals surface area contributed by atoms with Gasteiger partial charge in [-0.15, -0.1) is 0 Å². The average Bonchev–Trinajstić information content (AvgIpc) is 3.20. The lowest BCUT2D eigenvalue weighted by molar-refractivity contribution is -0.135. The van der Waals surface area contributed by atoms with Crippen LogP contribution in [0.2, 0.25) is 0 Å². The number of fused-ring (bicyclic) bond motifs is 1. The first-order valence-corrected chi connectivity index (χ1v) is 9.75. The van der Waals surface area contributed by atoms with Crippen LogP contribution in [0.3, 0.4) is 0 Å². The molecule has 27 heavy (non-hydrogen) atoms. The van der Waals surface area contributed by atoms with Crippen molar-refractivity contribution < 1.29 is 23.8 Å². The van der Waals surface area contributed by atoms with Crippen molar-refractivity contribution >= 4 is 11.8 Å². The molecule has 0 N–H and O–H groups in total. The Bertz CT molecular complexity index is 702. The quantitative estimate of drug-likeness (QED) is 0.805. The molecule has 0 bridgehead atoms. The van der Waals surface area contributed by atoms with Crippen LogP contribution >= 0.6 is 0 Å². The fourth-order valence-corrected chi connectivity index (χ4v) is 4.00. The molecular weight excluding hydrogens is 348 g/mol. The second kappa shape index (κ2) is 8.17. The van der Waals surface area contributed by atoms with Crippen LogP contribution in [0.1, 0.15) is 36.0 Å². The molecule has 2 fully saturated rings. The van der Waals surface area contributed by atoms with Crippen molar-refractivity contribution in [3.63, 3.8) is 0 Å². The van der Waals surface area contributed by atoms with Crippen molar-refractivity contribution in [3.8, 4) is 11.5 Å². The molecule has 7 nitrogen and oxygen atoms in total. The minimum Gasteiger partial charge on any atom is -0.454 e. The Hall–Kier alpha value is -2.28. The van der Waals surface area contributed by atoms with E-state index in [0.29, 0.717) is 62.2 Å². The summed E-state index contributed by atoms with van der Waals surface area (Å²) in [6.07, 6.45) is 3.44. The highest BCUT2D eigenvalue weighted by Gasteiger charge is 2.27. The van der Waals surface area contributed by atoms with E-state index in [1.54, 1.807) is 18.2 Å². The fourth-order valence-electron chi connectivity index (χ4n) is 4.00. The normalized spacial score (nSPS) is 22.0. The second-order valence-corrected chi connectivity index (χ2v) is 7.36. The predicted octanol–water partition coefficient (Wildman–Crippen LogP) is 1.91. The summed E-state index contributed by atoms with van der Waals surface area (Å²) in [7, 11) is 0. The van der Waals surface area contributed by atoms with E-state index in [2.05, 4.69) is 0 Å². The van der Waals surface area contributed by atoms with Gasteiger partial charge in [-0.1, -0.05) is 0 Å². The molecule has 2 amide bonds. The maximum absolute atomic E-state index is 12.9. The lowest BCUT2D eigenvalue weighted by Gasteiger charge is -2.33. The van der Waals surface area contributed by atoms with E-state index in [1.165, 1.54) is 0 Å². The fraction of sp³-hybridized carbons (Fsp3) is 0.600. The summed E-state index contributed by atoms with van der Waals surface area (Å²) in [5, 5.41) is 0. The number of likely N-dealkylation sites (tertiary alicyclic amines) is 1. The number of hydrogen-bond acceptors (Lipinski definition) is 5. The van der Waals surface area contributed by atoms with Gasteiger partial charge in [0.1, 0.15) is 0 Å². The highest BCUT2D eigenvalue weighted by molar-refractivity contribution is 5.95.